The van der Waals surface area contributed by atoms with Gasteiger partial charge in [0.05, 0.1) is 6.26 Å². The Morgan fingerprint density at radius 1 is 1.08 bits per heavy atom. The molecule has 2 heterocycles. The maximum absolute atomic E-state index is 12.0. The third-order valence-electron chi connectivity index (χ3n) is 3.95. The quantitative estimate of drug-likeness (QED) is 0.576. The minimum atomic E-state index is -0.286. The summed E-state index contributed by atoms with van der Waals surface area (Å²) in [6, 6.07) is 14.7. The first-order valence-electron chi connectivity index (χ1n) is 7.93. The fraction of sp³-hybridized carbons (Fsp3) is 0.100. The molecule has 0 atom stereocenters. The number of oxazole rings is 1. The van der Waals surface area contributed by atoms with Gasteiger partial charge in [-0.3, -0.25) is 4.79 Å². The molecule has 0 bridgehead atoms. The molecule has 2 aromatic carbocycles. The number of nitrogens with zero attached hydrogens (tertiary/aromatic N) is 1. The van der Waals surface area contributed by atoms with Gasteiger partial charge in [0.15, 0.2) is 11.3 Å². The summed E-state index contributed by atoms with van der Waals surface area (Å²) >= 11 is 0. The molecule has 0 spiro atoms. The molecular weight excluding hydrogens is 316 g/mol. The van der Waals surface area contributed by atoms with Crippen molar-refractivity contribution < 1.29 is 13.6 Å². The van der Waals surface area contributed by atoms with Crippen LogP contribution in [-0.2, 0) is 0 Å². The Balaban J connectivity index is 1.60. The number of aromatic nitrogens is 1. The van der Waals surface area contributed by atoms with E-state index in [2.05, 4.69) is 16.4 Å². The van der Waals surface area contributed by atoms with Crippen LogP contribution in [0, 0.1) is 13.8 Å². The summed E-state index contributed by atoms with van der Waals surface area (Å²) in [5.74, 6) is 0.548. The smallest absolute Gasteiger partial charge is 0.291 e. The topological polar surface area (TPSA) is 68.3 Å². The second-order valence-electron chi connectivity index (χ2n) is 5.96. The number of carbonyl (C=O) groups is 1. The van der Waals surface area contributed by atoms with Crippen molar-refractivity contribution in [2.45, 2.75) is 13.8 Å². The SMILES string of the molecule is Cc1cc(C)c2oc(-c3ccc(NC(=O)c4ccco4)cc3)nc2c1. The summed E-state index contributed by atoms with van der Waals surface area (Å²) in [5.41, 5.74) is 5.40. The van der Waals surface area contributed by atoms with Gasteiger partial charge in [-0.1, -0.05) is 6.07 Å². The van der Waals surface area contributed by atoms with Crippen molar-refractivity contribution in [1.82, 2.24) is 4.98 Å². The largest absolute Gasteiger partial charge is 0.459 e. The fourth-order valence-electron chi connectivity index (χ4n) is 2.80. The molecule has 1 N–H and O–H groups in total. The van der Waals surface area contributed by atoms with E-state index in [0.717, 1.165) is 27.8 Å². The first-order valence-corrected chi connectivity index (χ1v) is 7.93. The molecule has 5 heteroatoms. The first-order chi connectivity index (χ1) is 12.1. The summed E-state index contributed by atoms with van der Waals surface area (Å²) < 4.78 is 11.0. The molecule has 0 aliphatic heterocycles. The highest BCUT2D eigenvalue weighted by atomic mass is 16.3. The number of hydrogen-bond donors (Lipinski definition) is 1. The van der Waals surface area contributed by atoms with Gasteiger partial charge in [0, 0.05) is 11.3 Å². The van der Waals surface area contributed by atoms with Crippen molar-refractivity contribution in [1.29, 1.82) is 0 Å². The molecule has 1 amide bonds. The van der Waals surface area contributed by atoms with Crippen molar-refractivity contribution in [2.24, 2.45) is 0 Å². The average molecular weight is 332 g/mol. The van der Waals surface area contributed by atoms with Crippen molar-refractivity contribution in [3.8, 4) is 11.5 Å². The lowest BCUT2D eigenvalue weighted by Gasteiger charge is -2.03. The van der Waals surface area contributed by atoms with Gasteiger partial charge >= 0.3 is 0 Å². The van der Waals surface area contributed by atoms with E-state index in [1.54, 1.807) is 12.1 Å². The van der Waals surface area contributed by atoms with Crippen molar-refractivity contribution >= 4 is 22.7 Å². The lowest BCUT2D eigenvalue weighted by molar-refractivity contribution is 0.0996. The fourth-order valence-corrected chi connectivity index (χ4v) is 2.80. The molecule has 4 rings (SSSR count). The highest BCUT2D eigenvalue weighted by Crippen LogP contribution is 2.28. The van der Waals surface area contributed by atoms with E-state index in [-0.39, 0.29) is 11.7 Å². The molecule has 0 saturated carbocycles. The Morgan fingerprint density at radius 2 is 1.88 bits per heavy atom. The Hall–Kier alpha value is -3.34. The third kappa shape index (κ3) is 2.92. The molecule has 5 nitrogen and oxygen atoms in total. The summed E-state index contributed by atoms with van der Waals surface area (Å²) in [7, 11) is 0. The Kier molecular flexibility index (Phi) is 3.61. The van der Waals surface area contributed by atoms with Gasteiger partial charge in [-0.05, 0) is 67.4 Å². The molecule has 4 aromatic rings. The standard InChI is InChI=1S/C20H16N2O3/c1-12-10-13(2)18-16(11-12)22-20(25-18)14-5-7-15(8-6-14)21-19(23)17-4-3-9-24-17/h3-11H,1-2H3,(H,21,23). The van der Waals surface area contributed by atoms with E-state index in [1.807, 2.05) is 44.2 Å². The van der Waals surface area contributed by atoms with Crippen LogP contribution in [0.2, 0.25) is 0 Å². The molecule has 0 unspecified atom stereocenters. The van der Waals surface area contributed by atoms with Gasteiger partial charge < -0.3 is 14.2 Å². The molecule has 0 saturated heterocycles. The van der Waals surface area contributed by atoms with Crippen LogP contribution in [0.1, 0.15) is 21.7 Å². The molecule has 124 valence electrons. The van der Waals surface area contributed by atoms with Crippen molar-refractivity contribution in [3.63, 3.8) is 0 Å². The van der Waals surface area contributed by atoms with Gasteiger partial charge in [-0.2, -0.15) is 0 Å². The number of amides is 1. The summed E-state index contributed by atoms with van der Waals surface area (Å²) in [4.78, 5) is 16.5. The van der Waals surface area contributed by atoms with Crippen molar-refractivity contribution in [3.05, 3.63) is 71.7 Å². The molecular formula is C20H16N2O3. The Morgan fingerprint density at radius 3 is 2.60 bits per heavy atom. The Labute approximate surface area is 144 Å². The number of benzene rings is 2. The van der Waals surface area contributed by atoms with Gasteiger partial charge in [0.1, 0.15) is 5.52 Å². The van der Waals surface area contributed by atoms with E-state index in [0.29, 0.717) is 11.6 Å². The lowest BCUT2D eigenvalue weighted by Crippen LogP contribution is -2.10. The van der Waals surface area contributed by atoms with E-state index in [4.69, 9.17) is 8.83 Å². The van der Waals surface area contributed by atoms with Crippen LogP contribution in [0.3, 0.4) is 0 Å². The summed E-state index contributed by atoms with van der Waals surface area (Å²) in [6.07, 6.45) is 1.47. The molecule has 0 radical (unpaired) electrons. The minimum absolute atomic E-state index is 0.272. The van der Waals surface area contributed by atoms with Gasteiger partial charge in [0.25, 0.3) is 5.91 Å². The monoisotopic (exact) mass is 332 g/mol. The summed E-state index contributed by atoms with van der Waals surface area (Å²) in [6.45, 7) is 4.05. The number of rotatable bonds is 3. The number of nitrogens with one attached hydrogen (secondary N) is 1. The van der Waals surface area contributed by atoms with E-state index in [9.17, 15) is 4.79 Å². The number of hydrogen-bond acceptors (Lipinski definition) is 4. The van der Waals surface area contributed by atoms with Crippen LogP contribution >= 0.6 is 0 Å². The van der Waals surface area contributed by atoms with Crippen LogP contribution in [0.15, 0.2) is 63.6 Å². The van der Waals surface area contributed by atoms with Crippen LogP contribution in [0.4, 0.5) is 5.69 Å². The van der Waals surface area contributed by atoms with Crippen LogP contribution in [0.25, 0.3) is 22.6 Å². The first kappa shape index (κ1) is 15.2. The van der Waals surface area contributed by atoms with Gasteiger partial charge in [0.2, 0.25) is 5.89 Å². The molecule has 0 aliphatic rings. The summed E-state index contributed by atoms with van der Waals surface area (Å²) in [5, 5.41) is 2.78. The number of furan rings is 1. The van der Waals surface area contributed by atoms with Crippen LogP contribution in [-0.4, -0.2) is 10.9 Å². The second-order valence-corrected chi connectivity index (χ2v) is 5.96. The lowest BCUT2D eigenvalue weighted by atomic mass is 10.1. The van der Waals surface area contributed by atoms with Crippen molar-refractivity contribution in [2.75, 3.05) is 5.32 Å². The van der Waals surface area contributed by atoms with Gasteiger partial charge in [-0.25, -0.2) is 4.98 Å². The molecule has 0 aliphatic carbocycles. The predicted molar refractivity (Wildman–Crippen MR) is 95.6 cm³/mol. The van der Waals surface area contributed by atoms with Gasteiger partial charge in [-0.15, -0.1) is 0 Å². The third-order valence-corrected chi connectivity index (χ3v) is 3.95. The average Bonchev–Trinajstić information content (AvgIpc) is 3.25. The molecule has 2 aromatic heterocycles. The number of carbonyl (C=O) groups excluding carboxylic acids is 1. The van der Waals surface area contributed by atoms with E-state index >= 15 is 0 Å². The zero-order chi connectivity index (χ0) is 17.4. The van der Waals surface area contributed by atoms with Crippen LogP contribution < -0.4 is 5.32 Å². The zero-order valence-corrected chi connectivity index (χ0v) is 13.9. The normalized spacial score (nSPS) is 11.0. The highest BCUT2D eigenvalue weighted by molar-refractivity contribution is 6.02. The maximum atomic E-state index is 12.0. The number of anilines is 1. The number of aryl methyl sites for hydroxylation is 2. The van der Waals surface area contributed by atoms with E-state index < -0.39 is 0 Å². The van der Waals surface area contributed by atoms with E-state index in [1.165, 1.54) is 6.26 Å². The zero-order valence-electron chi connectivity index (χ0n) is 13.9. The van der Waals surface area contributed by atoms with Crippen LogP contribution in [0.5, 0.6) is 0 Å². The molecule has 0 fully saturated rings. The molecule has 25 heavy (non-hydrogen) atoms. The highest BCUT2D eigenvalue weighted by Gasteiger charge is 2.12. The number of fused-ring (bicyclic) bond motifs is 1. The maximum Gasteiger partial charge on any atom is 0.291 e. The minimum Gasteiger partial charge on any atom is -0.459 e. The Bertz CT molecular complexity index is 1040. The predicted octanol–water partition coefficient (Wildman–Crippen LogP) is 4.96. The second kappa shape index (κ2) is 5.94.